The van der Waals surface area contributed by atoms with Crippen LogP contribution in [-0.2, 0) is 4.74 Å². The van der Waals surface area contributed by atoms with Crippen LogP contribution in [0.4, 0.5) is 4.39 Å². The van der Waals surface area contributed by atoms with Gasteiger partial charge in [0.25, 0.3) is 0 Å². The highest BCUT2D eigenvalue weighted by Crippen LogP contribution is 2.18. The number of benzene rings is 1. The Balaban J connectivity index is 2.29. The number of hydrogen-bond donors (Lipinski definition) is 1. The fourth-order valence-corrected chi connectivity index (χ4v) is 2.30. The SMILES string of the molecule is CCCOCC(CSc1ccc(F)cc1)NC. The maximum Gasteiger partial charge on any atom is 0.123 e. The van der Waals surface area contributed by atoms with Gasteiger partial charge in [0.1, 0.15) is 5.82 Å². The molecule has 0 heterocycles. The minimum Gasteiger partial charge on any atom is -0.380 e. The summed E-state index contributed by atoms with van der Waals surface area (Å²) in [6.45, 7) is 3.62. The summed E-state index contributed by atoms with van der Waals surface area (Å²) in [4.78, 5) is 1.09. The van der Waals surface area contributed by atoms with Crippen LogP contribution in [-0.4, -0.2) is 32.1 Å². The van der Waals surface area contributed by atoms with E-state index >= 15 is 0 Å². The number of rotatable bonds is 8. The molecule has 0 radical (unpaired) electrons. The third-order valence-corrected chi connectivity index (χ3v) is 3.52. The molecule has 0 aliphatic rings. The van der Waals surface area contributed by atoms with Crippen molar-refractivity contribution in [3.63, 3.8) is 0 Å². The smallest absolute Gasteiger partial charge is 0.123 e. The summed E-state index contributed by atoms with van der Waals surface area (Å²) in [5.41, 5.74) is 0. The Morgan fingerprint density at radius 3 is 2.65 bits per heavy atom. The van der Waals surface area contributed by atoms with E-state index in [0.29, 0.717) is 6.04 Å². The first-order chi connectivity index (χ1) is 8.26. The molecule has 1 atom stereocenters. The molecule has 1 unspecified atom stereocenters. The fraction of sp³-hybridized carbons (Fsp3) is 0.538. The van der Waals surface area contributed by atoms with Crippen molar-refractivity contribution in [2.24, 2.45) is 0 Å². The van der Waals surface area contributed by atoms with Gasteiger partial charge >= 0.3 is 0 Å². The highest BCUT2D eigenvalue weighted by atomic mass is 32.2. The first kappa shape index (κ1) is 14.5. The molecule has 0 bridgehead atoms. The predicted molar refractivity (Wildman–Crippen MR) is 71.1 cm³/mol. The number of hydrogen-bond acceptors (Lipinski definition) is 3. The molecule has 1 aromatic rings. The van der Waals surface area contributed by atoms with Crippen LogP contribution in [0.5, 0.6) is 0 Å². The van der Waals surface area contributed by atoms with Crippen molar-refractivity contribution in [1.29, 1.82) is 0 Å². The van der Waals surface area contributed by atoms with Gasteiger partial charge in [0.2, 0.25) is 0 Å². The van der Waals surface area contributed by atoms with E-state index in [1.165, 1.54) is 12.1 Å². The molecule has 0 aliphatic carbocycles. The topological polar surface area (TPSA) is 21.3 Å². The second-order valence-corrected chi connectivity index (χ2v) is 4.92. The van der Waals surface area contributed by atoms with Crippen molar-refractivity contribution in [2.45, 2.75) is 24.3 Å². The van der Waals surface area contributed by atoms with E-state index in [1.54, 1.807) is 23.9 Å². The second kappa shape index (κ2) is 8.50. The lowest BCUT2D eigenvalue weighted by Crippen LogP contribution is -2.32. The fourth-order valence-electron chi connectivity index (χ4n) is 1.31. The Hall–Kier alpha value is -0.580. The molecule has 96 valence electrons. The van der Waals surface area contributed by atoms with E-state index in [0.717, 1.165) is 30.3 Å². The summed E-state index contributed by atoms with van der Waals surface area (Å²) in [5, 5.41) is 3.22. The summed E-state index contributed by atoms with van der Waals surface area (Å²) in [6.07, 6.45) is 1.04. The molecule has 1 rings (SSSR count). The Morgan fingerprint density at radius 2 is 2.06 bits per heavy atom. The molecule has 2 nitrogen and oxygen atoms in total. The van der Waals surface area contributed by atoms with Crippen LogP contribution in [0.1, 0.15) is 13.3 Å². The Morgan fingerprint density at radius 1 is 1.35 bits per heavy atom. The number of halogens is 1. The van der Waals surface area contributed by atoms with Gasteiger partial charge in [-0.3, -0.25) is 0 Å². The summed E-state index contributed by atoms with van der Waals surface area (Å²) in [7, 11) is 1.94. The van der Waals surface area contributed by atoms with Crippen LogP contribution >= 0.6 is 11.8 Å². The molecular formula is C13H20FNOS. The molecule has 0 aliphatic heterocycles. The highest BCUT2D eigenvalue weighted by molar-refractivity contribution is 7.99. The standard InChI is InChI=1S/C13H20FNOS/c1-3-8-16-9-12(15-2)10-17-13-6-4-11(14)5-7-13/h4-7,12,15H,3,8-10H2,1-2H3. The molecule has 1 N–H and O–H groups in total. The summed E-state index contributed by atoms with van der Waals surface area (Å²) >= 11 is 1.71. The molecule has 0 saturated carbocycles. The van der Waals surface area contributed by atoms with Gasteiger partial charge in [-0.15, -0.1) is 11.8 Å². The van der Waals surface area contributed by atoms with Crippen molar-refractivity contribution in [1.82, 2.24) is 5.32 Å². The van der Waals surface area contributed by atoms with Crippen LogP contribution < -0.4 is 5.32 Å². The first-order valence-corrected chi connectivity index (χ1v) is 6.88. The normalized spacial score (nSPS) is 12.6. The van der Waals surface area contributed by atoms with Crippen molar-refractivity contribution >= 4 is 11.8 Å². The average molecular weight is 257 g/mol. The van der Waals surface area contributed by atoms with E-state index in [1.807, 2.05) is 7.05 Å². The molecule has 4 heteroatoms. The zero-order valence-electron chi connectivity index (χ0n) is 10.4. The highest BCUT2D eigenvalue weighted by Gasteiger charge is 2.06. The van der Waals surface area contributed by atoms with Crippen molar-refractivity contribution in [2.75, 3.05) is 26.0 Å². The maximum absolute atomic E-state index is 12.7. The van der Waals surface area contributed by atoms with Crippen LogP contribution in [0.2, 0.25) is 0 Å². The second-order valence-electron chi connectivity index (χ2n) is 3.83. The molecule has 0 fully saturated rings. The van der Waals surface area contributed by atoms with Crippen molar-refractivity contribution in [3.05, 3.63) is 30.1 Å². The van der Waals surface area contributed by atoms with Gasteiger partial charge in [0.05, 0.1) is 6.61 Å². The number of thioether (sulfide) groups is 1. The van der Waals surface area contributed by atoms with Gasteiger partial charge in [-0.05, 0) is 37.7 Å². The molecule has 0 amide bonds. The van der Waals surface area contributed by atoms with Crippen molar-refractivity contribution < 1.29 is 9.13 Å². The van der Waals surface area contributed by atoms with Crippen molar-refractivity contribution in [3.8, 4) is 0 Å². The van der Waals surface area contributed by atoms with E-state index in [9.17, 15) is 4.39 Å². The number of nitrogens with one attached hydrogen (secondary N) is 1. The maximum atomic E-state index is 12.7. The summed E-state index contributed by atoms with van der Waals surface area (Å²) in [5.74, 6) is 0.733. The van der Waals surface area contributed by atoms with Gasteiger partial charge in [0, 0.05) is 23.3 Å². The van der Waals surface area contributed by atoms with Gasteiger partial charge in [-0.1, -0.05) is 6.92 Å². The van der Waals surface area contributed by atoms with Gasteiger partial charge in [-0.2, -0.15) is 0 Å². The molecule has 0 spiro atoms. The zero-order chi connectivity index (χ0) is 12.5. The van der Waals surface area contributed by atoms with Crippen LogP contribution in [0.3, 0.4) is 0 Å². The summed E-state index contributed by atoms with van der Waals surface area (Å²) in [6, 6.07) is 6.92. The lowest BCUT2D eigenvalue weighted by Gasteiger charge is -2.15. The van der Waals surface area contributed by atoms with E-state index in [4.69, 9.17) is 4.74 Å². The Labute approximate surface area is 107 Å². The van der Waals surface area contributed by atoms with Crippen LogP contribution in [0.15, 0.2) is 29.2 Å². The van der Waals surface area contributed by atoms with Gasteiger partial charge in [0.15, 0.2) is 0 Å². The predicted octanol–water partition coefficient (Wildman–Crippen LogP) is 2.93. The largest absolute Gasteiger partial charge is 0.380 e. The average Bonchev–Trinajstić information content (AvgIpc) is 2.35. The zero-order valence-corrected chi connectivity index (χ0v) is 11.2. The summed E-state index contributed by atoms with van der Waals surface area (Å²) < 4.78 is 18.2. The minimum atomic E-state index is -0.189. The third kappa shape index (κ3) is 6.05. The van der Waals surface area contributed by atoms with Crippen LogP contribution in [0.25, 0.3) is 0 Å². The first-order valence-electron chi connectivity index (χ1n) is 5.89. The quantitative estimate of drug-likeness (QED) is 0.571. The lowest BCUT2D eigenvalue weighted by molar-refractivity contribution is 0.119. The lowest BCUT2D eigenvalue weighted by atomic mass is 10.3. The van der Waals surface area contributed by atoms with E-state index < -0.39 is 0 Å². The van der Waals surface area contributed by atoms with E-state index in [2.05, 4.69) is 12.2 Å². The molecule has 1 aromatic carbocycles. The Kier molecular flexibility index (Phi) is 7.24. The minimum absolute atomic E-state index is 0.189. The number of likely N-dealkylation sites (N-methyl/N-ethyl adjacent to an activating group) is 1. The van der Waals surface area contributed by atoms with Crippen LogP contribution in [0, 0.1) is 5.82 Å². The molecule has 0 aromatic heterocycles. The third-order valence-electron chi connectivity index (χ3n) is 2.34. The Bertz CT molecular complexity index is 305. The van der Waals surface area contributed by atoms with E-state index in [-0.39, 0.29) is 5.82 Å². The van der Waals surface area contributed by atoms with Gasteiger partial charge in [-0.25, -0.2) is 4.39 Å². The van der Waals surface area contributed by atoms with Gasteiger partial charge < -0.3 is 10.1 Å². The molecular weight excluding hydrogens is 237 g/mol. The molecule has 17 heavy (non-hydrogen) atoms. The monoisotopic (exact) mass is 257 g/mol. The molecule has 0 saturated heterocycles. The number of ether oxygens (including phenoxy) is 1.